The Balaban J connectivity index is 1.51. The van der Waals surface area contributed by atoms with Gasteiger partial charge in [0.1, 0.15) is 18.1 Å². The first-order chi connectivity index (χ1) is 10.8. The summed E-state index contributed by atoms with van der Waals surface area (Å²) in [5.74, 6) is 1.90. The SMILES string of the molecule is O=Cc1ccc(-c2ccc(OCCN3CCCCC3)cc2)o1. The number of aldehydes is 1. The van der Waals surface area contributed by atoms with Gasteiger partial charge in [0.05, 0.1) is 0 Å². The van der Waals surface area contributed by atoms with Gasteiger partial charge in [0, 0.05) is 12.1 Å². The fraction of sp³-hybridized carbons (Fsp3) is 0.389. The molecule has 0 unspecified atom stereocenters. The van der Waals surface area contributed by atoms with Gasteiger partial charge in [0.2, 0.25) is 0 Å². The van der Waals surface area contributed by atoms with Crippen LogP contribution in [0.25, 0.3) is 11.3 Å². The van der Waals surface area contributed by atoms with E-state index in [0.717, 1.165) is 24.5 Å². The quantitative estimate of drug-likeness (QED) is 0.764. The van der Waals surface area contributed by atoms with E-state index in [1.807, 2.05) is 24.3 Å². The van der Waals surface area contributed by atoms with E-state index in [1.165, 1.54) is 32.4 Å². The first-order valence-electron chi connectivity index (χ1n) is 7.86. The van der Waals surface area contributed by atoms with Gasteiger partial charge < -0.3 is 9.15 Å². The van der Waals surface area contributed by atoms with Gasteiger partial charge in [0.25, 0.3) is 0 Å². The third-order valence-electron chi connectivity index (χ3n) is 4.01. The van der Waals surface area contributed by atoms with Gasteiger partial charge in [-0.05, 0) is 62.3 Å². The van der Waals surface area contributed by atoms with Crippen molar-refractivity contribution in [3.05, 3.63) is 42.2 Å². The molecule has 2 heterocycles. The molecule has 0 atom stereocenters. The number of carbonyl (C=O) groups excluding carboxylic acids is 1. The molecular formula is C18H21NO3. The van der Waals surface area contributed by atoms with Crippen molar-refractivity contribution in [2.45, 2.75) is 19.3 Å². The lowest BCUT2D eigenvalue weighted by molar-refractivity contribution is 0.110. The first kappa shape index (κ1) is 14.9. The normalized spacial score (nSPS) is 15.6. The van der Waals surface area contributed by atoms with Crippen LogP contribution in [0.1, 0.15) is 29.8 Å². The summed E-state index contributed by atoms with van der Waals surface area (Å²) in [6.07, 6.45) is 4.68. The summed E-state index contributed by atoms with van der Waals surface area (Å²) in [4.78, 5) is 13.1. The molecule has 0 amide bonds. The second-order valence-corrected chi connectivity index (χ2v) is 5.60. The Morgan fingerprint density at radius 1 is 1.05 bits per heavy atom. The van der Waals surface area contributed by atoms with Crippen LogP contribution in [0.4, 0.5) is 0 Å². The zero-order valence-corrected chi connectivity index (χ0v) is 12.7. The molecule has 116 valence electrons. The lowest BCUT2D eigenvalue weighted by Gasteiger charge is -2.26. The molecule has 1 aliphatic heterocycles. The fourth-order valence-electron chi connectivity index (χ4n) is 2.76. The molecule has 0 aliphatic carbocycles. The third kappa shape index (κ3) is 3.77. The summed E-state index contributed by atoms with van der Waals surface area (Å²) in [5.41, 5.74) is 0.941. The van der Waals surface area contributed by atoms with Gasteiger partial charge in [-0.15, -0.1) is 0 Å². The van der Waals surface area contributed by atoms with Crippen molar-refractivity contribution < 1.29 is 13.9 Å². The van der Waals surface area contributed by atoms with Crippen LogP contribution >= 0.6 is 0 Å². The second kappa shape index (κ2) is 7.27. The number of benzene rings is 1. The van der Waals surface area contributed by atoms with Crippen LogP contribution in [0.3, 0.4) is 0 Å². The smallest absolute Gasteiger partial charge is 0.185 e. The Kier molecular flexibility index (Phi) is 4.91. The fourth-order valence-corrected chi connectivity index (χ4v) is 2.76. The van der Waals surface area contributed by atoms with E-state index in [9.17, 15) is 4.79 Å². The topological polar surface area (TPSA) is 42.7 Å². The summed E-state index contributed by atoms with van der Waals surface area (Å²) < 4.78 is 11.2. The highest BCUT2D eigenvalue weighted by atomic mass is 16.5. The number of likely N-dealkylation sites (tertiary alicyclic amines) is 1. The van der Waals surface area contributed by atoms with Crippen molar-refractivity contribution >= 4 is 6.29 Å². The number of hydrogen-bond acceptors (Lipinski definition) is 4. The highest BCUT2D eigenvalue weighted by molar-refractivity contribution is 5.72. The average molecular weight is 299 g/mol. The van der Waals surface area contributed by atoms with Crippen LogP contribution in [-0.2, 0) is 0 Å². The summed E-state index contributed by atoms with van der Waals surface area (Å²) in [7, 11) is 0. The van der Waals surface area contributed by atoms with Crippen LogP contribution in [0.5, 0.6) is 5.75 Å². The molecule has 0 spiro atoms. The van der Waals surface area contributed by atoms with Gasteiger partial charge in [-0.3, -0.25) is 9.69 Å². The molecule has 0 saturated carbocycles. The van der Waals surface area contributed by atoms with Crippen molar-refractivity contribution in [1.82, 2.24) is 4.90 Å². The zero-order chi connectivity index (χ0) is 15.2. The van der Waals surface area contributed by atoms with E-state index in [4.69, 9.17) is 9.15 Å². The minimum Gasteiger partial charge on any atom is -0.492 e. The highest BCUT2D eigenvalue weighted by Crippen LogP contribution is 2.24. The van der Waals surface area contributed by atoms with E-state index in [-0.39, 0.29) is 0 Å². The minimum atomic E-state index is 0.344. The first-order valence-corrected chi connectivity index (χ1v) is 7.86. The van der Waals surface area contributed by atoms with Gasteiger partial charge in [-0.1, -0.05) is 6.42 Å². The molecule has 0 bridgehead atoms. The number of piperidine rings is 1. The number of ether oxygens (including phenoxy) is 1. The number of furan rings is 1. The molecule has 4 nitrogen and oxygen atoms in total. The van der Waals surface area contributed by atoms with E-state index in [2.05, 4.69) is 4.90 Å². The molecule has 1 fully saturated rings. The summed E-state index contributed by atoms with van der Waals surface area (Å²) in [6, 6.07) is 11.2. The van der Waals surface area contributed by atoms with Crippen LogP contribution in [0.15, 0.2) is 40.8 Å². The maximum atomic E-state index is 10.6. The Morgan fingerprint density at radius 3 is 2.50 bits per heavy atom. The van der Waals surface area contributed by atoms with Crippen LogP contribution in [-0.4, -0.2) is 37.4 Å². The second-order valence-electron chi connectivity index (χ2n) is 5.60. The monoisotopic (exact) mass is 299 g/mol. The van der Waals surface area contributed by atoms with Crippen molar-refractivity contribution in [3.63, 3.8) is 0 Å². The average Bonchev–Trinajstić information content (AvgIpc) is 3.06. The van der Waals surface area contributed by atoms with E-state index < -0.39 is 0 Å². The van der Waals surface area contributed by atoms with Gasteiger partial charge >= 0.3 is 0 Å². The van der Waals surface area contributed by atoms with E-state index >= 15 is 0 Å². The third-order valence-corrected chi connectivity index (χ3v) is 4.01. The Labute approximate surface area is 130 Å². The van der Waals surface area contributed by atoms with Crippen LogP contribution in [0.2, 0.25) is 0 Å². The Morgan fingerprint density at radius 2 is 1.82 bits per heavy atom. The maximum absolute atomic E-state index is 10.6. The minimum absolute atomic E-state index is 0.344. The van der Waals surface area contributed by atoms with E-state index in [1.54, 1.807) is 12.1 Å². The zero-order valence-electron chi connectivity index (χ0n) is 12.7. The largest absolute Gasteiger partial charge is 0.492 e. The van der Waals surface area contributed by atoms with Crippen molar-refractivity contribution in [3.8, 4) is 17.1 Å². The summed E-state index contributed by atoms with van der Waals surface area (Å²) in [6.45, 7) is 4.09. The van der Waals surface area contributed by atoms with Gasteiger partial charge in [-0.2, -0.15) is 0 Å². The molecule has 3 rings (SSSR count). The lowest BCUT2D eigenvalue weighted by Crippen LogP contribution is -2.33. The van der Waals surface area contributed by atoms with Gasteiger partial charge in [0.15, 0.2) is 12.0 Å². The molecular weight excluding hydrogens is 278 g/mol. The molecule has 1 aliphatic rings. The van der Waals surface area contributed by atoms with Crippen molar-refractivity contribution in [2.75, 3.05) is 26.2 Å². The summed E-state index contributed by atoms with van der Waals surface area (Å²) in [5, 5.41) is 0. The molecule has 1 aromatic carbocycles. The number of rotatable bonds is 6. The van der Waals surface area contributed by atoms with Crippen LogP contribution < -0.4 is 4.74 Å². The number of carbonyl (C=O) groups is 1. The Bertz CT molecular complexity index is 597. The van der Waals surface area contributed by atoms with Crippen molar-refractivity contribution in [2.24, 2.45) is 0 Å². The summed E-state index contributed by atoms with van der Waals surface area (Å²) >= 11 is 0. The molecule has 1 aromatic heterocycles. The number of hydrogen-bond donors (Lipinski definition) is 0. The highest BCUT2D eigenvalue weighted by Gasteiger charge is 2.09. The predicted octanol–water partition coefficient (Wildman–Crippen LogP) is 3.62. The predicted molar refractivity (Wildman–Crippen MR) is 85.3 cm³/mol. The maximum Gasteiger partial charge on any atom is 0.185 e. The number of nitrogens with zero attached hydrogens (tertiary/aromatic N) is 1. The molecule has 4 heteroatoms. The lowest BCUT2D eigenvalue weighted by atomic mass is 10.1. The molecule has 0 radical (unpaired) electrons. The molecule has 22 heavy (non-hydrogen) atoms. The molecule has 0 N–H and O–H groups in total. The Hall–Kier alpha value is -2.07. The molecule has 1 saturated heterocycles. The van der Waals surface area contributed by atoms with E-state index in [0.29, 0.717) is 17.8 Å². The standard InChI is InChI=1S/C18H21NO3/c20-14-17-8-9-18(22-17)15-4-6-16(7-5-15)21-13-12-19-10-2-1-3-11-19/h4-9,14H,1-3,10-13H2. The van der Waals surface area contributed by atoms with Crippen molar-refractivity contribution in [1.29, 1.82) is 0 Å². The van der Waals surface area contributed by atoms with Crippen LogP contribution in [0, 0.1) is 0 Å². The van der Waals surface area contributed by atoms with Gasteiger partial charge in [-0.25, -0.2) is 0 Å². The molecule has 2 aromatic rings.